The number of carbonyl (C=O) groups excluding carboxylic acids is 1. The number of methoxy groups -OCH3 is 2. The van der Waals surface area contributed by atoms with E-state index in [0.29, 0.717) is 5.75 Å². The van der Waals surface area contributed by atoms with Gasteiger partial charge < -0.3 is 18.8 Å². The van der Waals surface area contributed by atoms with Crippen LogP contribution in [0.25, 0.3) is 27.7 Å². The first-order valence-electron chi connectivity index (χ1n) is 10.3. The second-order valence-electron chi connectivity index (χ2n) is 7.64. The van der Waals surface area contributed by atoms with Gasteiger partial charge in [-0.15, -0.1) is 0 Å². The first-order valence-corrected chi connectivity index (χ1v) is 10.3. The minimum Gasteiger partial charge on any atom is -0.497 e. The van der Waals surface area contributed by atoms with Crippen LogP contribution < -0.4 is 9.47 Å². The number of furan rings is 1. The molecule has 0 bridgehead atoms. The Labute approximate surface area is 176 Å². The molecule has 0 spiro atoms. The summed E-state index contributed by atoms with van der Waals surface area (Å²) in [6, 6.07) is 11.8. The highest BCUT2D eigenvalue weighted by Crippen LogP contribution is 2.37. The quantitative estimate of drug-likeness (QED) is 0.524. The van der Waals surface area contributed by atoms with Crippen molar-refractivity contribution >= 4 is 22.4 Å². The fraction of sp³-hybridized carbons (Fsp3) is 0.320. The molecule has 1 fully saturated rings. The molecule has 3 aromatic rings. The molecule has 4 rings (SSSR count). The number of hydrogen-bond acceptors (Lipinski definition) is 4. The van der Waals surface area contributed by atoms with Crippen LogP contribution in [0.15, 0.2) is 53.2 Å². The third kappa shape index (κ3) is 3.92. The van der Waals surface area contributed by atoms with Gasteiger partial charge in [0.1, 0.15) is 17.1 Å². The van der Waals surface area contributed by atoms with E-state index in [1.807, 2.05) is 48.2 Å². The summed E-state index contributed by atoms with van der Waals surface area (Å²) in [4.78, 5) is 14.7. The molecule has 1 aliphatic rings. The molecule has 0 unspecified atom stereocenters. The standard InChI is InChI=1S/C25H27NO4/c1-17(13-25(27)26-11-5-4-6-12-26)20-14-21-22(16-30-24(21)15-23(20)29-3)18-7-9-19(28-2)10-8-18/h7-10,13-16H,4-6,11-12H2,1-3H3/b17-13+. The van der Waals surface area contributed by atoms with Gasteiger partial charge >= 0.3 is 0 Å². The minimum absolute atomic E-state index is 0.0666. The predicted molar refractivity (Wildman–Crippen MR) is 119 cm³/mol. The SMILES string of the molecule is COc1ccc(-c2coc3cc(OC)c(/C(C)=C/C(=O)N4CCCCC4)cc23)cc1. The van der Waals surface area contributed by atoms with Gasteiger partial charge in [-0.3, -0.25) is 4.79 Å². The summed E-state index contributed by atoms with van der Waals surface area (Å²) in [6.07, 6.45) is 6.84. The molecular weight excluding hydrogens is 378 g/mol. The van der Waals surface area contributed by atoms with Crippen LogP contribution in [0.2, 0.25) is 0 Å². The summed E-state index contributed by atoms with van der Waals surface area (Å²) in [6.45, 7) is 3.63. The van der Waals surface area contributed by atoms with Crippen LogP contribution >= 0.6 is 0 Å². The zero-order valence-electron chi connectivity index (χ0n) is 17.7. The number of allylic oxidation sites excluding steroid dienone is 1. The van der Waals surface area contributed by atoms with Gasteiger partial charge in [-0.25, -0.2) is 0 Å². The number of benzene rings is 2. The maximum absolute atomic E-state index is 12.7. The third-order valence-corrected chi connectivity index (χ3v) is 5.73. The van der Waals surface area contributed by atoms with Crippen molar-refractivity contribution in [1.29, 1.82) is 0 Å². The van der Waals surface area contributed by atoms with E-state index in [4.69, 9.17) is 13.9 Å². The Morgan fingerprint density at radius 2 is 1.77 bits per heavy atom. The molecule has 5 nitrogen and oxygen atoms in total. The fourth-order valence-electron chi connectivity index (χ4n) is 3.99. The maximum Gasteiger partial charge on any atom is 0.246 e. The van der Waals surface area contributed by atoms with Gasteiger partial charge in [0, 0.05) is 41.7 Å². The van der Waals surface area contributed by atoms with Crippen molar-refractivity contribution < 1.29 is 18.7 Å². The number of likely N-dealkylation sites (tertiary alicyclic amines) is 1. The van der Waals surface area contributed by atoms with Crippen molar-refractivity contribution in [3.8, 4) is 22.6 Å². The average molecular weight is 405 g/mol. The molecule has 1 saturated heterocycles. The van der Waals surface area contributed by atoms with Gasteiger partial charge in [-0.05, 0) is 55.5 Å². The molecule has 156 valence electrons. The van der Waals surface area contributed by atoms with Crippen LogP contribution in [0.4, 0.5) is 0 Å². The molecule has 1 aromatic heterocycles. The van der Waals surface area contributed by atoms with Gasteiger partial charge in [-0.1, -0.05) is 12.1 Å². The van der Waals surface area contributed by atoms with Crippen LogP contribution in [0.3, 0.4) is 0 Å². The number of ether oxygens (including phenoxy) is 2. The lowest BCUT2D eigenvalue weighted by atomic mass is 9.99. The molecule has 0 aliphatic carbocycles. The highest BCUT2D eigenvalue weighted by atomic mass is 16.5. The van der Waals surface area contributed by atoms with Gasteiger partial charge in [0.25, 0.3) is 0 Å². The third-order valence-electron chi connectivity index (χ3n) is 5.73. The molecule has 1 aliphatic heterocycles. The topological polar surface area (TPSA) is 51.9 Å². The lowest BCUT2D eigenvalue weighted by molar-refractivity contribution is -0.126. The lowest BCUT2D eigenvalue weighted by Gasteiger charge is -2.25. The number of rotatable bonds is 5. The maximum atomic E-state index is 12.7. The molecule has 1 amide bonds. The van der Waals surface area contributed by atoms with Crippen molar-refractivity contribution in [3.05, 3.63) is 54.3 Å². The lowest BCUT2D eigenvalue weighted by Crippen LogP contribution is -2.34. The van der Waals surface area contributed by atoms with Gasteiger partial charge in [0.15, 0.2) is 0 Å². The number of amides is 1. The van der Waals surface area contributed by atoms with Crippen molar-refractivity contribution in [2.45, 2.75) is 26.2 Å². The van der Waals surface area contributed by atoms with Gasteiger partial charge in [0.2, 0.25) is 5.91 Å². The molecule has 2 aromatic carbocycles. The summed E-state index contributed by atoms with van der Waals surface area (Å²) in [7, 11) is 3.29. The summed E-state index contributed by atoms with van der Waals surface area (Å²) in [5, 5.41) is 0.981. The van der Waals surface area contributed by atoms with E-state index in [1.54, 1.807) is 26.6 Å². The van der Waals surface area contributed by atoms with E-state index >= 15 is 0 Å². The summed E-state index contributed by atoms with van der Waals surface area (Å²) < 4.78 is 16.7. The van der Waals surface area contributed by atoms with E-state index in [1.165, 1.54) is 6.42 Å². The van der Waals surface area contributed by atoms with Crippen molar-refractivity contribution in [2.75, 3.05) is 27.3 Å². The van der Waals surface area contributed by atoms with Crippen LogP contribution in [0, 0.1) is 0 Å². The monoisotopic (exact) mass is 405 g/mol. The van der Waals surface area contributed by atoms with Gasteiger partial charge in [0.05, 0.1) is 20.5 Å². The zero-order chi connectivity index (χ0) is 21.1. The minimum atomic E-state index is 0.0666. The zero-order valence-corrected chi connectivity index (χ0v) is 17.7. The van der Waals surface area contributed by atoms with Crippen LogP contribution in [0.5, 0.6) is 11.5 Å². The second-order valence-corrected chi connectivity index (χ2v) is 7.64. The predicted octanol–water partition coefficient (Wildman–Crippen LogP) is 5.53. The summed E-state index contributed by atoms with van der Waals surface area (Å²) in [5.41, 5.74) is 4.55. The fourth-order valence-corrected chi connectivity index (χ4v) is 3.99. The largest absolute Gasteiger partial charge is 0.497 e. The molecule has 0 radical (unpaired) electrons. The number of nitrogens with zero attached hydrogens (tertiary/aromatic N) is 1. The molecule has 2 heterocycles. The van der Waals surface area contributed by atoms with Crippen LogP contribution in [-0.4, -0.2) is 38.1 Å². The summed E-state index contributed by atoms with van der Waals surface area (Å²) >= 11 is 0. The number of carbonyl (C=O) groups is 1. The highest BCUT2D eigenvalue weighted by Gasteiger charge is 2.18. The Balaban J connectivity index is 1.73. The number of hydrogen-bond donors (Lipinski definition) is 0. The van der Waals surface area contributed by atoms with E-state index in [2.05, 4.69) is 0 Å². The molecule has 5 heteroatoms. The van der Waals surface area contributed by atoms with E-state index < -0.39 is 0 Å². The van der Waals surface area contributed by atoms with E-state index in [0.717, 1.165) is 64.9 Å². The Hall–Kier alpha value is -3.21. The molecule has 0 atom stereocenters. The summed E-state index contributed by atoms with van der Waals surface area (Å²) in [5.74, 6) is 1.57. The Morgan fingerprint density at radius 1 is 1.03 bits per heavy atom. The van der Waals surface area contributed by atoms with Crippen LogP contribution in [-0.2, 0) is 4.79 Å². The molecule has 30 heavy (non-hydrogen) atoms. The highest BCUT2D eigenvalue weighted by molar-refractivity contribution is 6.00. The first-order chi connectivity index (χ1) is 14.6. The van der Waals surface area contributed by atoms with Gasteiger partial charge in [-0.2, -0.15) is 0 Å². The van der Waals surface area contributed by atoms with Crippen LogP contribution in [0.1, 0.15) is 31.7 Å². The average Bonchev–Trinajstić information content (AvgIpc) is 3.21. The molecule has 0 N–H and O–H groups in total. The second kappa shape index (κ2) is 8.66. The van der Waals surface area contributed by atoms with Crippen molar-refractivity contribution in [1.82, 2.24) is 4.90 Å². The van der Waals surface area contributed by atoms with Crippen molar-refractivity contribution in [2.24, 2.45) is 0 Å². The van der Waals surface area contributed by atoms with Crippen molar-refractivity contribution in [3.63, 3.8) is 0 Å². The number of piperidine rings is 1. The van der Waals surface area contributed by atoms with E-state index in [-0.39, 0.29) is 5.91 Å². The normalized spacial score (nSPS) is 14.8. The Morgan fingerprint density at radius 3 is 2.43 bits per heavy atom. The van der Waals surface area contributed by atoms with E-state index in [9.17, 15) is 4.79 Å². The molecular formula is C25H27NO4. The Bertz CT molecular complexity index is 1070. The Kier molecular flexibility index (Phi) is 5.79. The number of fused-ring (bicyclic) bond motifs is 1. The smallest absolute Gasteiger partial charge is 0.246 e. The first kappa shape index (κ1) is 20.1. The molecule has 0 saturated carbocycles.